The van der Waals surface area contributed by atoms with Crippen LogP contribution in [0.2, 0.25) is 0 Å². The van der Waals surface area contributed by atoms with Crippen molar-refractivity contribution in [2.75, 3.05) is 6.54 Å². The summed E-state index contributed by atoms with van der Waals surface area (Å²) in [4.78, 5) is 24.8. The number of hydrogen-bond acceptors (Lipinski definition) is 3. The Morgan fingerprint density at radius 2 is 1.86 bits per heavy atom. The molecule has 3 aromatic heterocycles. The molecule has 4 aromatic rings. The van der Waals surface area contributed by atoms with Crippen molar-refractivity contribution in [3.05, 3.63) is 72.2 Å². The number of carbonyl (C=O) groups is 1. The van der Waals surface area contributed by atoms with Gasteiger partial charge in [-0.2, -0.15) is 0 Å². The first kappa shape index (κ1) is 16.7. The van der Waals surface area contributed by atoms with E-state index in [4.69, 9.17) is 0 Å². The summed E-state index contributed by atoms with van der Waals surface area (Å²) >= 11 is 0. The first-order chi connectivity index (χ1) is 13.5. The third-order valence-corrected chi connectivity index (χ3v) is 5.39. The quantitative estimate of drug-likeness (QED) is 0.554. The summed E-state index contributed by atoms with van der Waals surface area (Å²) in [5.74, 6) is -0.0233. The lowest BCUT2D eigenvalue weighted by Gasteiger charge is -2.29. The summed E-state index contributed by atoms with van der Waals surface area (Å²) in [5.41, 5.74) is 6.28. The molecule has 5 heteroatoms. The van der Waals surface area contributed by atoms with E-state index in [9.17, 15) is 4.79 Å². The van der Waals surface area contributed by atoms with Gasteiger partial charge in [-0.3, -0.25) is 14.8 Å². The van der Waals surface area contributed by atoms with Crippen molar-refractivity contribution in [2.24, 2.45) is 0 Å². The first-order valence-corrected chi connectivity index (χ1v) is 9.34. The second kappa shape index (κ2) is 6.02. The van der Waals surface area contributed by atoms with Crippen molar-refractivity contribution in [1.29, 1.82) is 0 Å². The molecule has 1 amide bonds. The van der Waals surface area contributed by atoms with Crippen LogP contribution in [0, 0.1) is 0 Å². The van der Waals surface area contributed by atoms with E-state index in [0.29, 0.717) is 6.54 Å². The van der Waals surface area contributed by atoms with Gasteiger partial charge in [0.2, 0.25) is 0 Å². The van der Waals surface area contributed by atoms with Crippen LogP contribution >= 0.6 is 0 Å². The monoisotopic (exact) mass is 368 g/mol. The molecule has 0 fully saturated rings. The smallest absolute Gasteiger partial charge is 0.253 e. The molecule has 1 aromatic carbocycles. The van der Waals surface area contributed by atoms with Gasteiger partial charge in [0.15, 0.2) is 0 Å². The number of fused-ring (bicyclic) bond motifs is 2. The first-order valence-electron chi connectivity index (χ1n) is 9.34. The van der Waals surface area contributed by atoms with Gasteiger partial charge in [-0.1, -0.05) is 32.0 Å². The molecule has 0 atom stereocenters. The third-order valence-electron chi connectivity index (χ3n) is 5.39. The standard InChI is InChI=1S/C23H20N4O/c1-23(2)13-26-22(28)17-11-20(27-21(17)23)15-7-8-24-19(10-15)16-9-14-5-3-4-6-18(14)25-12-16/h3-12,27H,13H2,1-2H3,(H,26,28). The van der Waals surface area contributed by atoms with Crippen molar-refractivity contribution in [3.63, 3.8) is 0 Å². The zero-order valence-corrected chi connectivity index (χ0v) is 15.8. The van der Waals surface area contributed by atoms with Gasteiger partial charge < -0.3 is 10.3 Å². The Morgan fingerprint density at radius 3 is 2.71 bits per heavy atom. The van der Waals surface area contributed by atoms with Crippen LogP contribution in [0.1, 0.15) is 29.9 Å². The molecule has 0 saturated carbocycles. The number of nitrogens with one attached hydrogen (secondary N) is 2. The minimum absolute atomic E-state index is 0.0233. The number of aromatic amines is 1. The van der Waals surface area contributed by atoms with Crippen molar-refractivity contribution >= 4 is 16.8 Å². The summed E-state index contributed by atoms with van der Waals surface area (Å²) < 4.78 is 0. The molecule has 138 valence electrons. The van der Waals surface area contributed by atoms with E-state index >= 15 is 0 Å². The number of hydrogen-bond donors (Lipinski definition) is 2. The van der Waals surface area contributed by atoms with Gasteiger partial charge in [-0.25, -0.2) is 0 Å². The fourth-order valence-corrected chi connectivity index (χ4v) is 3.77. The molecule has 0 aliphatic carbocycles. The van der Waals surface area contributed by atoms with Gasteiger partial charge in [-0.15, -0.1) is 0 Å². The van der Waals surface area contributed by atoms with Crippen molar-refractivity contribution in [1.82, 2.24) is 20.3 Å². The van der Waals surface area contributed by atoms with Crippen LogP contribution in [0.4, 0.5) is 0 Å². The fourth-order valence-electron chi connectivity index (χ4n) is 3.77. The number of aromatic nitrogens is 3. The van der Waals surface area contributed by atoms with E-state index in [1.54, 1.807) is 6.20 Å². The molecule has 1 aliphatic rings. The zero-order chi connectivity index (χ0) is 19.3. The molecule has 0 radical (unpaired) electrons. The molecule has 0 unspecified atom stereocenters. The summed E-state index contributed by atoms with van der Waals surface area (Å²) in [5, 5.41) is 4.05. The molecule has 5 nitrogen and oxygen atoms in total. The number of amides is 1. The van der Waals surface area contributed by atoms with Crippen molar-refractivity contribution < 1.29 is 4.79 Å². The Bertz CT molecular complexity index is 1220. The number of para-hydroxylation sites is 1. The van der Waals surface area contributed by atoms with Crippen LogP contribution < -0.4 is 5.32 Å². The van der Waals surface area contributed by atoms with Gasteiger partial charge in [0.05, 0.1) is 16.8 Å². The van der Waals surface area contributed by atoms with E-state index < -0.39 is 0 Å². The van der Waals surface area contributed by atoms with E-state index in [-0.39, 0.29) is 11.3 Å². The lowest BCUT2D eigenvalue weighted by molar-refractivity contribution is 0.0929. The number of carbonyl (C=O) groups excluding carboxylic acids is 1. The topological polar surface area (TPSA) is 70.7 Å². The van der Waals surface area contributed by atoms with Crippen LogP contribution in [0.15, 0.2) is 60.9 Å². The minimum atomic E-state index is -0.125. The number of pyridine rings is 2. The normalized spacial score (nSPS) is 15.3. The third kappa shape index (κ3) is 2.67. The average molecular weight is 368 g/mol. The number of rotatable bonds is 2. The predicted molar refractivity (Wildman–Crippen MR) is 110 cm³/mol. The maximum Gasteiger partial charge on any atom is 0.253 e. The van der Waals surface area contributed by atoms with E-state index in [1.807, 2.05) is 42.6 Å². The van der Waals surface area contributed by atoms with Gasteiger partial charge in [0.1, 0.15) is 0 Å². The predicted octanol–water partition coefficient (Wildman–Crippen LogP) is 4.31. The Labute approximate surface area is 162 Å². The van der Waals surface area contributed by atoms with Crippen LogP contribution in [0.25, 0.3) is 33.4 Å². The highest BCUT2D eigenvalue weighted by Crippen LogP contribution is 2.33. The number of nitrogens with zero attached hydrogens (tertiary/aromatic N) is 2. The molecule has 28 heavy (non-hydrogen) atoms. The van der Waals surface area contributed by atoms with Gasteiger partial charge >= 0.3 is 0 Å². The maximum absolute atomic E-state index is 12.3. The minimum Gasteiger partial charge on any atom is -0.357 e. The summed E-state index contributed by atoms with van der Waals surface area (Å²) in [6.07, 6.45) is 3.65. The Hall–Kier alpha value is -3.47. The van der Waals surface area contributed by atoms with E-state index in [1.165, 1.54) is 0 Å². The maximum atomic E-state index is 12.3. The Morgan fingerprint density at radius 1 is 1.00 bits per heavy atom. The van der Waals surface area contributed by atoms with E-state index in [2.05, 4.69) is 46.2 Å². The SMILES string of the molecule is CC1(C)CNC(=O)c2cc(-c3ccnc(-c4cnc5ccccc5c4)c3)[nH]c21. The molecule has 2 N–H and O–H groups in total. The number of H-pyrrole nitrogens is 1. The van der Waals surface area contributed by atoms with Crippen LogP contribution in [0.5, 0.6) is 0 Å². The molecular formula is C23H20N4O. The summed E-state index contributed by atoms with van der Waals surface area (Å²) in [6, 6.07) is 16.1. The molecular weight excluding hydrogens is 348 g/mol. The number of benzene rings is 1. The summed E-state index contributed by atoms with van der Waals surface area (Å²) in [6.45, 7) is 4.89. The fraction of sp³-hybridized carbons (Fsp3) is 0.174. The Kier molecular flexibility index (Phi) is 3.59. The molecule has 0 bridgehead atoms. The van der Waals surface area contributed by atoms with Gasteiger partial charge in [0.25, 0.3) is 5.91 Å². The highest BCUT2D eigenvalue weighted by atomic mass is 16.1. The second-order valence-corrected chi connectivity index (χ2v) is 7.88. The molecule has 0 saturated heterocycles. The van der Waals surface area contributed by atoms with Crippen LogP contribution in [-0.2, 0) is 5.41 Å². The molecule has 5 rings (SSSR count). The zero-order valence-electron chi connectivity index (χ0n) is 15.8. The van der Waals surface area contributed by atoms with Gasteiger partial charge in [0, 0.05) is 52.3 Å². The van der Waals surface area contributed by atoms with E-state index in [0.717, 1.165) is 44.7 Å². The van der Waals surface area contributed by atoms with Gasteiger partial charge in [-0.05, 0) is 30.3 Å². The average Bonchev–Trinajstić information content (AvgIpc) is 3.18. The van der Waals surface area contributed by atoms with Crippen LogP contribution in [0.3, 0.4) is 0 Å². The molecule has 4 heterocycles. The lowest BCUT2D eigenvalue weighted by Crippen LogP contribution is -2.43. The summed E-state index contributed by atoms with van der Waals surface area (Å²) in [7, 11) is 0. The highest BCUT2D eigenvalue weighted by Gasteiger charge is 2.33. The van der Waals surface area contributed by atoms with Crippen molar-refractivity contribution in [3.8, 4) is 22.5 Å². The molecule has 1 aliphatic heterocycles. The highest BCUT2D eigenvalue weighted by molar-refractivity contribution is 5.98. The largest absolute Gasteiger partial charge is 0.357 e. The molecule has 0 spiro atoms. The van der Waals surface area contributed by atoms with Crippen LogP contribution in [-0.4, -0.2) is 27.4 Å². The lowest BCUT2D eigenvalue weighted by atomic mass is 9.84. The second-order valence-electron chi connectivity index (χ2n) is 7.88. The Balaban J connectivity index is 1.59. The van der Waals surface area contributed by atoms with Crippen molar-refractivity contribution in [2.45, 2.75) is 19.3 Å².